The van der Waals surface area contributed by atoms with Crippen LogP contribution in [0.25, 0.3) is 0 Å². The first-order valence-electron chi connectivity index (χ1n) is 8.12. The summed E-state index contributed by atoms with van der Waals surface area (Å²) < 4.78 is 10.5. The minimum Gasteiger partial charge on any atom is -0.459 e. The van der Waals surface area contributed by atoms with E-state index in [1.54, 1.807) is 19.2 Å². The number of hydrogen-bond acceptors (Lipinski definition) is 4. The van der Waals surface area contributed by atoms with Crippen LogP contribution < -0.4 is 5.32 Å². The summed E-state index contributed by atoms with van der Waals surface area (Å²) in [4.78, 5) is 20.5. The second-order valence-corrected chi connectivity index (χ2v) is 5.28. The molecular weight excluding hydrogens is 296 g/mol. The van der Waals surface area contributed by atoms with Gasteiger partial charge in [0.1, 0.15) is 0 Å². The summed E-state index contributed by atoms with van der Waals surface area (Å²) in [6.45, 7) is 7.19. The molecule has 1 N–H and O–H groups in total. The van der Waals surface area contributed by atoms with Gasteiger partial charge in [-0.3, -0.25) is 9.79 Å². The lowest BCUT2D eigenvalue weighted by Gasteiger charge is -2.36. The molecule has 1 aliphatic rings. The van der Waals surface area contributed by atoms with Crippen molar-refractivity contribution in [2.45, 2.75) is 13.3 Å². The third-order valence-electron chi connectivity index (χ3n) is 3.76. The van der Waals surface area contributed by atoms with Crippen LogP contribution >= 0.6 is 0 Å². The smallest absolute Gasteiger partial charge is 0.289 e. The standard InChI is InChI=1S/C16H26N4O3/c1-3-22-12-5-7-18-16(17-2)20-10-8-19(9-11-20)15(21)14-6-4-13-23-14/h4,6,13H,3,5,7-12H2,1-2H3,(H,17,18). The molecule has 2 rings (SSSR count). The Balaban J connectivity index is 1.75. The van der Waals surface area contributed by atoms with E-state index >= 15 is 0 Å². The van der Waals surface area contributed by atoms with Crippen LogP contribution in [-0.4, -0.2) is 74.7 Å². The molecule has 0 aliphatic carbocycles. The van der Waals surface area contributed by atoms with Gasteiger partial charge in [0.2, 0.25) is 0 Å². The summed E-state index contributed by atoms with van der Waals surface area (Å²) in [7, 11) is 1.78. The quantitative estimate of drug-likeness (QED) is 0.481. The van der Waals surface area contributed by atoms with E-state index in [0.717, 1.165) is 45.2 Å². The van der Waals surface area contributed by atoms with Gasteiger partial charge in [-0.1, -0.05) is 0 Å². The molecule has 0 spiro atoms. The Morgan fingerprint density at radius 2 is 2.09 bits per heavy atom. The van der Waals surface area contributed by atoms with E-state index in [0.29, 0.717) is 18.8 Å². The van der Waals surface area contributed by atoms with Gasteiger partial charge in [0, 0.05) is 53.0 Å². The number of carbonyl (C=O) groups excluding carboxylic acids is 1. The molecule has 0 atom stereocenters. The summed E-state index contributed by atoms with van der Waals surface area (Å²) >= 11 is 0. The van der Waals surface area contributed by atoms with E-state index in [2.05, 4.69) is 15.2 Å². The third-order valence-corrected chi connectivity index (χ3v) is 3.76. The lowest BCUT2D eigenvalue weighted by molar-refractivity contribution is 0.0657. The van der Waals surface area contributed by atoms with Crippen molar-refractivity contribution in [3.8, 4) is 0 Å². The van der Waals surface area contributed by atoms with Crippen LogP contribution in [-0.2, 0) is 4.74 Å². The molecule has 0 aromatic carbocycles. The van der Waals surface area contributed by atoms with Crippen LogP contribution in [0.2, 0.25) is 0 Å². The number of nitrogens with one attached hydrogen (secondary N) is 1. The number of carbonyl (C=O) groups is 1. The Bertz CT molecular complexity index is 493. The van der Waals surface area contributed by atoms with Crippen molar-refractivity contribution >= 4 is 11.9 Å². The highest BCUT2D eigenvalue weighted by Crippen LogP contribution is 2.09. The van der Waals surface area contributed by atoms with E-state index in [4.69, 9.17) is 9.15 Å². The molecule has 7 nitrogen and oxygen atoms in total. The molecule has 1 aliphatic heterocycles. The molecule has 23 heavy (non-hydrogen) atoms. The summed E-state index contributed by atoms with van der Waals surface area (Å²) in [5.41, 5.74) is 0. The molecule has 1 aromatic rings. The molecule has 7 heteroatoms. The van der Waals surface area contributed by atoms with Crippen LogP contribution in [0.5, 0.6) is 0 Å². The second-order valence-electron chi connectivity index (χ2n) is 5.28. The topological polar surface area (TPSA) is 70.3 Å². The Morgan fingerprint density at radius 1 is 1.35 bits per heavy atom. The lowest BCUT2D eigenvalue weighted by Crippen LogP contribution is -2.53. The molecule has 0 unspecified atom stereocenters. The van der Waals surface area contributed by atoms with Crippen LogP contribution in [0.15, 0.2) is 27.8 Å². The minimum atomic E-state index is -0.0469. The molecule has 2 heterocycles. The number of aliphatic imine (C=N–C) groups is 1. The maximum Gasteiger partial charge on any atom is 0.289 e. The number of rotatable bonds is 6. The Hall–Kier alpha value is -2.02. The van der Waals surface area contributed by atoms with Gasteiger partial charge in [-0.15, -0.1) is 0 Å². The SMILES string of the molecule is CCOCCCNC(=NC)N1CCN(C(=O)c2ccco2)CC1. The largest absolute Gasteiger partial charge is 0.459 e. The molecule has 1 saturated heterocycles. The fraction of sp³-hybridized carbons (Fsp3) is 0.625. The van der Waals surface area contributed by atoms with Crippen molar-refractivity contribution in [2.24, 2.45) is 4.99 Å². The zero-order valence-corrected chi connectivity index (χ0v) is 14.0. The van der Waals surface area contributed by atoms with Gasteiger partial charge < -0.3 is 24.3 Å². The molecule has 0 bridgehead atoms. The van der Waals surface area contributed by atoms with Crippen molar-refractivity contribution in [1.82, 2.24) is 15.1 Å². The predicted octanol–water partition coefficient (Wildman–Crippen LogP) is 1.04. The van der Waals surface area contributed by atoms with Gasteiger partial charge >= 0.3 is 0 Å². The van der Waals surface area contributed by atoms with Gasteiger partial charge in [0.15, 0.2) is 11.7 Å². The molecule has 1 aromatic heterocycles. The first-order chi connectivity index (χ1) is 11.3. The summed E-state index contributed by atoms with van der Waals surface area (Å²) in [6.07, 6.45) is 2.47. The number of hydrogen-bond donors (Lipinski definition) is 1. The van der Waals surface area contributed by atoms with Gasteiger partial charge in [-0.25, -0.2) is 0 Å². The molecule has 1 amide bonds. The first kappa shape index (κ1) is 17.3. The number of guanidine groups is 1. The van der Waals surface area contributed by atoms with Crippen molar-refractivity contribution in [3.63, 3.8) is 0 Å². The molecule has 0 saturated carbocycles. The fourth-order valence-electron chi connectivity index (χ4n) is 2.53. The number of amides is 1. The van der Waals surface area contributed by atoms with Crippen molar-refractivity contribution in [3.05, 3.63) is 24.2 Å². The zero-order valence-electron chi connectivity index (χ0n) is 14.0. The van der Waals surface area contributed by atoms with Gasteiger partial charge in [0.25, 0.3) is 5.91 Å². The van der Waals surface area contributed by atoms with Gasteiger partial charge in [0.05, 0.1) is 6.26 Å². The summed E-state index contributed by atoms with van der Waals surface area (Å²) in [5.74, 6) is 1.23. The van der Waals surface area contributed by atoms with E-state index < -0.39 is 0 Å². The maximum absolute atomic E-state index is 12.2. The first-order valence-corrected chi connectivity index (χ1v) is 8.12. The molecule has 1 fully saturated rings. The van der Waals surface area contributed by atoms with Crippen LogP contribution in [0.4, 0.5) is 0 Å². The number of furan rings is 1. The predicted molar refractivity (Wildman–Crippen MR) is 88.7 cm³/mol. The van der Waals surface area contributed by atoms with Gasteiger partial charge in [-0.2, -0.15) is 0 Å². The molecule has 128 valence electrons. The van der Waals surface area contributed by atoms with Crippen LogP contribution in [0.3, 0.4) is 0 Å². The van der Waals surface area contributed by atoms with Crippen molar-refractivity contribution in [1.29, 1.82) is 0 Å². The maximum atomic E-state index is 12.2. The second kappa shape index (κ2) is 9.19. The van der Waals surface area contributed by atoms with E-state index in [-0.39, 0.29) is 5.91 Å². The Kier molecular flexibility index (Phi) is 6.93. The zero-order chi connectivity index (χ0) is 16.5. The van der Waals surface area contributed by atoms with Crippen LogP contribution in [0.1, 0.15) is 23.9 Å². The average Bonchev–Trinajstić information content (AvgIpc) is 3.12. The van der Waals surface area contributed by atoms with E-state index in [9.17, 15) is 4.79 Å². The number of ether oxygens (including phenoxy) is 1. The third kappa shape index (κ3) is 4.99. The minimum absolute atomic E-state index is 0.0469. The van der Waals surface area contributed by atoms with Crippen molar-refractivity contribution < 1.29 is 13.9 Å². The Labute approximate surface area is 137 Å². The van der Waals surface area contributed by atoms with E-state index in [1.165, 1.54) is 6.26 Å². The normalized spacial score (nSPS) is 15.8. The highest BCUT2D eigenvalue weighted by molar-refractivity contribution is 5.91. The lowest BCUT2D eigenvalue weighted by atomic mass is 10.3. The molecule has 0 radical (unpaired) electrons. The van der Waals surface area contributed by atoms with E-state index in [1.807, 2.05) is 11.8 Å². The highest BCUT2D eigenvalue weighted by atomic mass is 16.5. The highest BCUT2D eigenvalue weighted by Gasteiger charge is 2.24. The van der Waals surface area contributed by atoms with Crippen LogP contribution in [0, 0.1) is 0 Å². The van der Waals surface area contributed by atoms with Crippen molar-refractivity contribution in [2.75, 3.05) is 53.0 Å². The Morgan fingerprint density at radius 3 is 2.70 bits per heavy atom. The number of nitrogens with zero attached hydrogens (tertiary/aromatic N) is 3. The fourth-order valence-corrected chi connectivity index (χ4v) is 2.53. The average molecular weight is 322 g/mol. The van der Waals surface area contributed by atoms with Gasteiger partial charge in [-0.05, 0) is 25.5 Å². The number of piperazine rings is 1. The summed E-state index contributed by atoms with van der Waals surface area (Å²) in [5, 5.41) is 3.34. The monoisotopic (exact) mass is 322 g/mol. The molecular formula is C16H26N4O3. The summed E-state index contributed by atoms with van der Waals surface area (Å²) in [6, 6.07) is 3.44.